The number of phenolic OH excluding ortho intramolecular Hbond substituents is 2. The molecule has 4 heteroatoms. The molecule has 0 aliphatic heterocycles. The highest BCUT2D eigenvalue weighted by atomic mass is 16.3. The minimum absolute atomic E-state index is 0.0130. The third kappa shape index (κ3) is 3.44. The Labute approximate surface area is 120 Å². The minimum atomic E-state index is -0.0148. The molecule has 112 valence electrons. The molecule has 2 rings (SSSR count). The Morgan fingerprint density at radius 1 is 1.20 bits per heavy atom. The second-order valence-electron chi connectivity index (χ2n) is 6.06. The number of benzene rings is 1. The zero-order valence-corrected chi connectivity index (χ0v) is 12.1. The lowest BCUT2D eigenvalue weighted by Crippen LogP contribution is -2.40. The van der Waals surface area contributed by atoms with E-state index < -0.39 is 0 Å². The summed E-state index contributed by atoms with van der Waals surface area (Å²) >= 11 is 0. The van der Waals surface area contributed by atoms with Gasteiger partial charge in [-0.15, -0.1) is 0 Å². The van der Waals surface area contributed by atoms with Crippen LogP contribution in [0.5, 0.6) is 11.5 Å². The van der Waals surface area contributed by atoms with E-state index >= 15 is 0 Å². The quantitative estimate of drug-likeness (QED) is 0.668. The van der Waals surface area contributed by atoms with Crippen molar-refractivity contribution in [3.05, 3.63) is 23.8 Å². The summed E-state index contributed by atoms with van der Waals surface area (Å²) in [6, 6.07) is 4.65. The van der Waals surface area contributed by atoms with Gasteiger partial charge in [0.2, 0.25) is 0 Å². The molecule has 0 heterocycles. The van der Waals surface area contributed by atoms with Gasteiger partial charge in [0.1, 0.15) is 11.5 Å². The van der Waals surface area contributed by atoms with Crippen molar-refractivity contribution < 1.29 is 15.3 Å². The van der Waals surface area contributed by atoms with E-state index in [4.69, 9.17) is 0 Å². The van der Waals surface area contributed by atoms with Crippen LogP contribution in [-0.2, 0) is 0 Å². The Bertz CT molecular complexity index is 441. The van der Waals surface area contributed by atoms with Crippen molar-refractivity contribution in [1.82, 2.24) is 5.32 Å². The molecule has 0 saturated heterocycles. The normalized spacial score (nSPS) is 19.7. The van der Waals surface area contributed by atoms with Crippen LogP contribution in [0.2, 0.25) is 0 Å². The highest BCUT2D eigenvalue weighted by Crippen LogP contribution is 2.36. The summed E-state index contributed by atoms with van der Waals surface area (Å²) in [4.78, 5) is 0. The molecule has 1 atom stereocenters. The Morgan fingerprint density at radius 3 is 2.50 bits per heavy atom. The first-order valence-electron chi connectivity index (χ1n) is 7.42. The average molecular weight is 279 g/mol. The van der Waals surface area contributed by atoms with Crippen LogP contribution in [0.1, 0.15) is 50.6 Å². The fourth-order valence-electron chi connectivity index (χ4n) is 3.07. The van der Waals surface area contributed by atoms with E-state index in [9.17, 15) is 15.3 Å². The predicted octanol–water partition coefficient (Wildman–Crippen LogP) is 2.69. The molecule has 4 N–H and O–H groups in total. The summed E-state index contributed by atoms with van der Waals surface area (Å²) in [7, 11) is 0. The molecule has 1 fully saturated rings. The summed E-state index contributed by atoms with van der Waals surface area (Å²) < 4.78 is 0. The number of rotatable bonds is 5. The van der Waals surface area contributed by atoms with Crippen LogP contribution in [0.25, 0.3) is 0 Å². The van der Waals surface area contributed by atoms with Crippen LogP contribution < -0.4 is 5.32 Å². The SMILES string of the molecule is CC(NCC1(CO)CCCCC1)c1ccc(O)cc1O. The van der Waals surface area contributed by atoms with Crippen molar-refractivity contribution in [3.8, 4) is 11.5 Å². The molecule has 0 radical (unpaired) electrons. The number of phenols is 2. The van der Waals surface area contributed by atoms with Gasteiger partial charge in [-0.25, -0.2) is 0 Å². The van der Waals surface area contributed by atoms with Crippen LogP contribution in [0.15, 0.2) is 18.2 Å². The molecule has 1 aromatic rings. The van der Waals surface area contributed by atoms with Crippen LogP contribution in [0.3, 0.4) is 0 Å². The van der Waals surface area contributed by atoms with Gasteiger partial charge in [-0.2, -0.15) is 0 Å². The molecule has 0 amide bonds. The van der Waals surface area contributed by atoms with Gasteiger partial charge in [0.15, 0.2) is 0 Å². The highest BCUT2D eigenvalue weighted by Gasteiger charge is 2.31. The number of aromatic hydroxyl groups is 2. The Hall–Kier alpha value is -1.26. The van der Waals surface area contributed by atoms with E-state index in [1.54, 1.807) is 12.1 Å². The first kappa shape index (κ1) is 15.1. The van der Waals surface area contributed by atoms with Crippen LogP contribution >= 0.6 is 0 Å². The summed E-state index contributed by atoms with van der Waals surface area (Å²) in [5.41, 5.74) is 0.755. The molecule has 4 nitrogen and oxygen atoms in total. The van der Waals surface area contributed by atoms with E-state index in [1.165, 1.54) is 25.3 Å². The van der Waals surface area contributed by atoms with E-state index in [-0.39, 0.29) is 29.6 Å². The van der Waals surface area contributed by atoms with Gasteiger partial charge in [0.05, 0.1) is 0 Å². The molecule has 0 bridgehead atoms. The van der Waals surface area contributed by atoms with Gasteiger partial charge in [-0.3, -0.25) is 0 Å². The fraction of sp³-hybridized carbons (Fsp3) is 0.625. The van der Waals surface area contributed by atoms with Gasteiger partial charge >= 0.3 is 0 Å². The smallest absolute Gasteiger partial charge is 0.124 e. The van der Waals surface area contributed by atoms with Crippen molar-refractivity contribution in [2.24, 2.45) is 5.41 Å². The topological polar surface area (TPSA) is 72.7 Å². The van der Waals surface area contributed by atoms with E-state index in [0.717, 1.165) is 24.9 Å². The van der Waals surface area contributed by atoms with Crippen LogP contribution in [0, 0.1) is 5.41 Å². The van der Waals surface area contributed by atoms with Gasteiger partial charge in [0.25, 0.3) is 0 Å². The Balaban J connectivity index is 1.98. The maximum absolute atomic E-state index is 9.87. The standard InChI is InChI=1S/C16H25NO3/c1-12(14-6-5-13(19)9-15(14)20)17-10-16(11-18)7-3-2-4-8-16/h5-6,9,12,17-20H,2-4,7-8,10-11H2,1H3. The van der Waals surface area contributed by atoms with E-state index in [2.05, 4.69) is 5.32 Å². The van der Waals surface area contributed by atoms with Gasteiger partial charge in [-0.05, 0) is 25.8 Å². The third-order valence-electron chi connectivity index (χ3n) is 4.51. The number of aliphatic hydroxyl groups is 1. The molecule has 1 aliphatic carbocycles. The summed E-state index contributed by atoms with van der Waals surface area (Å²) in [6.07, 6.45) is 5.74. The predicted molar refractivity (Wildman–Crippen MR) is 78.8 cm³/mol. The van der Waals surface area contributed by atoms with Crippen molar-refractivity contribution in [2.45, 2.75) is 45.1 Å². The van der Waals surface area contributed by atoms with Crippen LogP contribution in [0.4, 0.5) is 0 Å². The van der Waals surface area contributed by atoms with Gasteiger partial charge in [-0.1, -0.05) is 25.3 Å². The number of hydrogen-bond donors (Lipinski definition) is 4. The number of hydrogen-bond acceptors (Lipinski definition) is 4. The Kier molecular flexibility index (Phi) is 4.89. The van der Waals surface area contributed by atoms with Crippen LogP contribution in [-0.4, -0.2) is 28.5 Å². The molecule has 1 saturated carbocycles. The molecule has 0 spiro atoms. The second kappa shape index (κ2) is 6.46. The van der Waals surface area contributed by atoms with Gasteiger partial charge < -0.3 is 20.6 Å². The summed E-state index contributed by atoms with van der Waals surface area (Å²) in [6.45, 7) is 2.96. The molecular formula is C16H25NO3. The number of aliphatic hydroxyl groups excluding tert-OH is 1. The average Bonchev–Trinajstić information content (AvgIpc) is 2.46. The lowest BCUT2D eigenvalue weighted by atomic mass is 9.74. The van der Waals surface area contributed by atoms with Crippen molar-refractivity contribution >= 4 is 0 Å². The molecule has 0 aromatic heterocycles. The Morgan fingerprint density at radius 2 is 1.90 bits per heavy atom. The first-order valence-corrected chi connectivity index (χ1v) is 7.42. The molecule has 1 unspecified atom stereocenters. The van der Waals surface area contributed by atoms with Crippen molar-refractivity contribution in [2.75, 3.05) is 13.2 Å². The third-order valence-corrected chi connectivity index (χ3v) is 4.51. The minimum Gasteiger partial charge on any atom is -0.508 e. The molecule has 1 aromatic carbocycles. The number of nitrogens with one attached hydrogen (secondary N) is 1. The van der Waals surface area contributed by atoms with E-state index in [0.29, 0.717) is 0 Å². The highest BCUT2D eigenvalue weighted by molar-refractivity contribution is 5.40. The monoisotopic (exact) mass is 279 g/mol. The van der Waals surface area contributed by atoms with Crippen molar-refractivity contribution in [1.29, 1.82) is 0 Å². The van der Waals surface area contributed by atoms with E-state index in [1.807, 2.05) is 6.92 Å². The van der Waals surface area contributed by atoms with Gasteiger partial charge in [0, 0.05) is 36.2 Å². The summed E-state index contributed by atoms with van der Waals surface area (Å²) in [5.74, 6) is 0.171. The largest absolute Gasteiger partial charge is 0.508 e. The zero-order valence-electron chi connectivity index (χ0n) is 12.1. The fourth-order valence-corrected chi connectivity index (χ4v) is 3.07. The summed E-state index contributed by atoms with van der Waals surface area (Å²) in [5, 5.41) is 32.3. The lowest BCUT2D eigenvalue weighted by Gasteiger charge is -2.36. The molecule has 1 aliphatic rings. The lowest BCUT2D eigenvalue weighted by molar-refractivity contribution is 0.0788. The maximum atomic E-state index is 9.87. The second-order valence-corrected chi connectivity index (χ2v) is 6.06. The molecular weight excluding hydrogens is 254 g/mol. The van der Waals surface area contributed by atoms with Crippen molar-refractivity contribution in [3.63, 3.8) is 0 Å². The first-order chi connectivity index (χ1) is 9.56. The molecule has 20 heavy (non-hydrogen) atoms. The maximum Gasteiger partial charge on any atom is 0.124 e. The zero-order chi connectivity index (χ0) is 14.6.